The van der Waals surface area contributed by atoms with E-state index in [1.54, 1.807) is 24.3 Å². The fraction of sp³-hybridized carbons (Fsp3) is 0.158. The van der Waals surface area contributed by atoms with Gasteiger partial charge in [-0.25, -0.2) is 4.79 Å². The number of amides is 1. The van der Waals surface area contributed by atoms with Crippen LogP contribution in [0, 0.1) is 10.1 Å². The molecule has 2 rings (SSSR count). The lowest BCUT2D eigenvalue weighted by Gasteiger charge is -2.14. The lowest BCUT2D eigenvalue weighted by atomic mass is 10.2. The van der Waals surface area contributed by atoms with Crippen LogP contribution in [-0.4, -0.2) is 30.0 Å². The molecular weight excluding hydrogens is 352 g/mol. The van der Waals surface area contributed by atoms with Crippen molar-refractivity contribution in [3.63, 3.8) is 0 Å². The van der Waals surface area contributed by atoms with Crippen molar-refractivity contribution in [2.75, 3.05) is 12.4 Å². The van der Waals surface area contributed by atoms with E-state index in [0.717, 1.165) is 6.08 Å². The van der Waals surface area contributed by atoms with Gasteiger partial charge in [-0.05, 0) is 42.8 Å². The van der Waals surface area contributed by atoms with E-state index in [4.69, 9.17) is 9.47 Å². The van der Waals surface area contributed by atoms with Gasteiger partial charge in [-0.15, -0.1) is 0 Å². The van der Waals surface area contributed by atoms with Crippen molar-refractivity contribution in [2.45, 2.75) is 13.0 Å². The summed E-state index contributed by atoms with van der Waals surface area (Å²) < 4.78 is 10.2. The Morgan fingerprint density at radius 1 is 1.15 bits per heavy atom. The Morgan fingerprint density at radius 3 is 2.44 bits per heavy atom. The summed E-state index contributed by atoms with van der Waals surface area (Å²) in [5, 5.41) is 13.2. The van der Waals surface area contributed by atoms with Crippen molar-refractivity contribution in [3.05, 3.63) is 70.3 Å². The van der Waals surface area contributed by atoms with Crippen LogP contribution in [0.4, 0.5) is 11.4 Å². The van der Waals surface area contributed by atoms with Gasteiger partial charge in [0.25, 0.3) is 11.6 Å². The highest BCUT2D eigenvalue weighted by Crippen LogP contribution is 2.23. The molecule has 1 amide bonds. The normalized spacial score (nSPS) is 11.6. The summed E-state index contributed by atoms with van der Waals surface area (Å²) >= 11 is 0. The van der Waals surface area contributed by atoms with Gasteiger partial charge in [-0.2, -0.15) is 0 Å². The molecule has 2 aromatic rings. The number of carbonyl (C=O) groups excluding carboxylic acids is 2. The number of hydrogen-bond acceptors (Lipinski definition) is 6. The summed E-state index contributed by atoms with van der Waals surface area (Å²) in [7, 11) is 1.48. The Kier molecular flexibility index (Phi) is 6.65. The van der Waals surface area contributed by atoms with Gasteiger partial charge < -0.3 is 14.8 Å². The average Bonchev–Trinajstić information content (AvgIpc) is 2.67. The number of non-ortho nitro benzene ring substituents is 1. The first-order chi connectivity index (χ1) is 12.9. The van der Waals surface area contributed by atoms with Gasteiger partial charge in [0.05, 0.1) is 17.7 Å². The zero-order valence-corrected chi connectivity index (χ0v) is 14.7. The summed E-state index contributed by atoms with van der Waals surface area (Å²) in [6.07, 6.45) is 1.56. The van der Waals surface area contributed by atoms with Gasteiger partial charge >= 0.3 is 5.97 Å². The van der Waals surface area contributed by atoms with Gasteiger partial charge in [-0.3, -0.25) is 14.9 Å². The largest absolute Gasteiger partial charge is 0.495 e. The summed E-state index contributed by atoms with van der Waals surface area (Å²) in [5.74, 6) is -0.727. The Hall–Kier alpha value is -3.68. The highest BCUT2D eigenvalue weighted by Gasteiger charge is 2.18. The number of rotatable bonds is 7. The molecule has 1 atom stereocenters. The van der Waals surface area contributed by atoms with Crippen LogP contribution < -0.4 is 10.1 Å². The van der Waals surface area contributed by atoms with E-state index in [0.29, 0.717) is 17.0 Å². The van der Waals surface area contributed by atoms with Crippen LogP contribution in [0.5, 0.6) is 5.75 Å². The number of nitro benzene ring substituents is 1. The Balaban J connectivity index is 1.92. The molecule has 0 fully saturated rings. The smallest absolute Gasteiger partial charge is 0.331 e. The second kappa shape index (κ2) is 9.14. The SMILES string of the molecule is COc1ccccc1NC(=O)[C@@H](C)OC(=O)/C=C/c1ccc([N+](=O)[O-])cc1. The maximum Gasteiger partial charge on any atom is 0.331 e. The fourth-order valence-electron chi connectivity index (χ4n) is 2.12. The Morgan fingerprint density at radius 2 is 1.81 bits per heavy atom. The number of para-hydroxylation sites is 2. The maximum absolute atomic E-state index is 12.2. The van der Waals surface area contributed by atoms with Crippen LogP contribution in [0.3, 0.4) is 0 Å². The molecule has 0 aromatic heterocycles. The van der Waals surface area contributed by atoms with Crippen molar-refractivity contribution < 1.29 is 24.0 Å². The lowest BCUT2D eigenvalue weighted by molar-refractivity contribution is -0.384. The fourth-order valence-corrected chi connectivity index (χ4v) is 2.12. The van der Waals surface area contributed by atoms with Crippen molar-refractivity contribution in [3.8, 4) is 5.75 Å². The molecule has 1 N–H and O–H groups in total. The summed E-state index contributed by atoms with van der Waals surface area (Å²) in [5.41, 5.74) is 1.01. The monoisotopic (exact) mass is 370 g/mol. The molecule has 0 saturated heterocycles. The highest BCUT2D eigenvalue weighted by atomic mass is 16.6. The van der Waals surface area contributed by atoms with Crippen molar-refractivity contribution in [2.24, 2.45) is 0 Å². The molecule has 0 heterocycles. The summed E-state index contributed by atoms with van der Waals surface area (Å²) in [6, 6.07) is 12.5. The van der Waals surface area contributed by atoms with E-state index < -0.39 is 22.9 Å². The minimum absolute atomic E-state index is 0.0450. The number of esters is 1. The van der Waals surface area contributed by atoms with Crippen LogP contribution in [-0.2, 0) is 14.3 Å². The molecule has 0 unspecified atom stereocenters. The summed E-state index contributed by atoms with van der Waals surface area (Å²) in [6.45, 7) is 1.45. The van der Waals surface area contributed by atoms with E-state index in [1.165, 1.54) is 44.4 Å². The molecule has 0 spiro atoms. The van der Waals surface area contributed by atoms with E-state index in [2.05, 4.69) is 5.32 Å². The lowest BCUT2D eigenvalue weighted by Crippen LogP contribution is -2.29. The van der Waals surface area contributed by atoms with Crippen LogP contribution in [0.1, 0.15) is 12.5 Å². The van der Waals surface area contributed by atoms with Gasteiger partial charge in [0, 0.05) is 18.2 Å². The van der Waals surface area contributed by atoms with Gasteiger partial charge in [0.2, 0.25) is 0 Å². The Labute approximate surface area is 155 Å². The second-order valence-corrected chi connectivity index (χ2v) is 5.45. The first kappa shape index (κ1) is 19.6. The third kappa shape index (κ3) is 5.67. The number of carbonyl (C=O) groups is 2. The average molecular weight is 370 g/mol. The minimum atomic E-state index is -1.02. The minimum Gasteiger partial charge on any atom is -0.495 e. The molecule has 0 bridgehead atoms. The van der Waals surface area contributed by atoms with Crippen LogP contribution >= 0.6 is 0 Å². The van der Waals surface area contributed by atoms with E-state index >= 15 is 0 Å². The molecule has 0 saturated carbocycles. The molecule has 27 heavy (non-hydrogen) atoms. The van der Waals surface area contributed by atoms with E-state index in [-0.39, 0.29) is 5.69 Å². The van der Waals surface area contributed by atoms with Gasteiger partial charge in [0.15, 0.2) is 6.10 Å². The van der Waals surface area contributed by atoms with Crippen LogP contribution in [0.15, 0.2) is 54.6 Å². The number of nitrogens with zero attached hydrogens (tertiary/aromatic N) is 1. The number of hydrogen-bond donors (Lipinski definition) is 1. The zero-order valence-electron chi connectivity index (χ0n) is 14.7. The van der Waals surface area contributed by atoms with Crippen LogP contribution in [0.2, 0.25) is 0 Å². The molecule has 0 aliphatic carbocycles. The number of nitrogens with one attached hydrogen (secondary N) is 1. The molecule has 8 heteroatoms. The molecule has 0 aliphatic heterocycles. The van der Waals surface area contributed by atoms with Crippen molar-refractivity contribution in [1.82, 2.24) is 0 Å². The first-order valence-electron chi connectivity index (χ1n) is 7.97. The third-order valence-corrected chi connectivity index (χ3v) is 3.54. The molecular formula is C19H18N2O6. The summed E-state index contributed by atoms with van der Waals surface area (Å²) in [4.78, 5) is 34.1. The highest BCUT2D eigenvalue weighted by molar-refractivity contribution is 5.97. The topological polar surface area (TPSA) is 108 Å². The predicted molar refractivity (Wildman–Crippen MR) is 99.3 cm³/mol. The standard InChI is InChI=1S/C19H18N2O6/c1-13(19(23)20-16-5-3-4-6-17(16)26-2)27-18(22)12-9-14-7-10-15(11-8-14)21(24)25/h3-13H,1-2H3,(H,20,23)/b12-9+/t13-/m1/s1. The second-order valence-electron chi connectivity index (χ2n) is 5.45. The van der Waals surface area contributed by atoms with Crippen LogP contribution in [0.25, 0.3) is 6.08 Å². The number of benzene rings is 2. The number of anilines is 1. The third-order valence-electron chi connectivity index (χ3n) is 3.54. The number of nitro groups is 1. The predicted octanol–water partition coefficient (Wildman–Crippen LogP) is 3.19. The van der Waals surface area contributed by atoms with Crippen molar-refractivity contribution >= 4 is 29.3 Å². The first-order valence-corrected chi connectivity index (χ1v) is 7.97. The zero-order chi connectivity index (χ0) is 19.8. The van der Waals surface area contributed by atoms with Crippen molar-refractivity contribution in [1.29, 1.82) is 0 Å². The molecule has 0 radical (unpaired) electrons. The van der Waals surface area contributed by atoms with E-state index in [9.17, 15) is 19.7 Å². The van der Waals surface area contributed by atoms with Gasteiger partial charge in [-0.1, -0.05) is 12.1 Å². The molecule has 2 aromatic carbocycles. The maximum atomic E-state index is 12.2. The molecule has 0 aliphatic rings. The number of ether oxygens (including phenoxy) is 2. The molecule has 8 nitrogen and oxygen atoms in total. The van der Waals surface area contributed by atoms with Gasteiger partial charge in [0.1, 0.15) is 5.75 Å². The Bertz CT molecular complexity index is 861. The van der Waals surface area contributed by atoms with E-state index in [1.807, 2.05) is 0 Å². The number of methoxy groups -OCH3 is 1. The molecule has 140 valence electrons. The quantitative estimate of drug-likeness (QED) is 0.347.